The van der Waals surface area contributed by atoms with E-state index in [-0.39, 0.29) is 11.5 Å². The maximum absolute atomic E-state index is 10.9. The summed E-state index contributed by atoms with van der Waals surface area (Å²) in [7, 11) is 0. The summed E-state index contributed by atoms with van der Waals surface area (Å²) in [5.74, 6) is -0.143. The van der Waals surface area contributed by atoms with Crippen molar-refractivity contribution in [3.8, 4) is 0 Å². The Morgan fingerprint density at radius 2 is 2.11 bits per heavy atom. The molecule has 0 bridgehead atoms. The van der Waals surface area contributed by atoms with Crippen LogP contribution in [0.1, 0.15) is 0 Å². The van der Waals surface area contributed by atoms with Crippen LogP contribution in [0.3, 0.4) is 0 Å². The molecule has 1 aromatic carbocycles. The number of ether oxygens (including phenoxy) is 1. The number of hydrogen-bond acceptors (Lipinski definition) is 5. The first-order valence-electron chi connectivity index (χ1n) is 6.05. The van der Waals surface area contributed by atoms with Crippen molar-refractivity contribution in [3.05, 3.63) is 28.3 Å². The quantitative estimate of drug-likeness (QED) is 0.631. The summed E-state index contributed by atoms with van der Waals surface area (Å²) in [4.78, 5) is 15.4. The number of aromatic amines is 1. The van der Waals surface area contributed by atoms with Gasteiger partial charge in [0.05, 0.1) is 24.3 Å². The lowest BCUT2D eigenvalue weighted by Gasteiger charge is -2.29. The fraction of sp³-hybridized carbons (Fsp3) is 0.333. The average molecular weight is 262 g/mol. The van der Waals surface area contributed by atoms with Crippen molar-refractivity contribution in [1.82, 2.24) is 4.98 Å². The number of benzene rings is 1. The maximum Gasteiger partial charge on any atom is 0.345 e. The van der Waals surface area contributed by atoms with Crippen molar-refractivity contribution in [3.63, 3.8) is 0 Å². The van der Waals surface area contributed by atoms with Crippen LogP contribution in [0.4, 0.5) is 17.2 Å². The number of nitrogens with zero attached hydrogens (tertiary/aromatic N) is 2. The Kier molecular flexibility index (Phi) is 2.75. The summed E-state index contributed by atoms with van der Waals surface area (Å²) in [5.41, 5.74) is 7.72. The van der Waals surface area contributed by atoms with Crippen LogP contribution in [0.25, 0.3) is 10.9 Å². The number of hydrogen-bond donors (Lipinski definition) is 2. The minimum absolute atomic E-state index is 0.143. The molecule has 1 fully saturated rings. The van der Waals surface area contributed by atoms with E-state index in [0.29, 0.717) is 18.7 Å². The lowest BCUT2D eigenvalue weighted by molar-refractivity contribution is -0.388. The van der Waals surface area contributed by atoms with E-state index in [1.165, 1.54) is 0 Å². The van der Waals surface area contributed by atoms with Gasteiger partial charge in [0.2, 0.25) is 0 Å². The van der Waals surface area contributed by atoms with E-state index >= 15 is 0 Å². The second-order valence-electron chi connectivity index (χ2n) is 4.44. The zero-order valence-corrected chi connectivity index (χ0v) is 10.3. The molecule has 0 atom stereocenters. The average Bonchev–Trinajstić information content (AvgIpc) is 2.78. The number of fused-ring (bicyclic) bond motifs is 1. The topological polar surface area (TPSA) is 97.4 Å². The predicted octanol–water partition coefficient (Wildman–Crippen LogP) is 1.49. The van der Waals surface area contributed by atoms with Gasteiger partial charge in [0.25, 0.3) is 0 Å². The standard InChI is InChI=1S/C12H14N4O3/c13-11-10-8(14-12(11)16(17)18)2-1-3-9(10)15-4-6-19-7-5-15/h1-3,14H,4-7,13H2. The predicted molar refractivity (Wildman–Crippen MR) is 72.4 cm³/mol. The fourth-order valence-electron chi connectivity index (χ4n) is 2.45. The van der Waals surface area contributed by atoms with Crippen LogP contribution in [0.15, 0.2) is 18.2 Å². The molecule has 0 spiro atoms. The molecule has 7 nitrogen and oxygen atoms in total. The van der Waals surface area contributed by atoms with Crippen molar-refractivity contribution in [2.75, 3.05) is 36.9 Å². The molecular weight excluding hydrogens is 248 g/mol. The van der Waals surface area contributed by atoms with Crippen molar-refractivity contribution >= 4 is 28.1 Å². The van der Waals surface area contributed by atoms with Crippen LogP contribution >= 0.6 is 0 Å². The van der Waals surface area contributed by atoms with Crippen LogP contribution < -0.4 is 10.6 Å². The number of nitro groups is 1. The van der Waals surface area contributed by atoms with Crippen LogP contribution in [0.5, 0.6) is 0 Å². The Morgan fingerprint density at radius 1 is 1.37 bits per heavy atom. The number of nitrogens with one attached hydrogen (secondary N) is 1. The SMILES string of the molecule is Nc1c([N+](=O)[O-])[nH]c2cccc(N3CCOCC3)c12. The molecule has 0 unspecified atom stereocenters. The van der Waals surface area contributed by atoms with Gasteiger partial charge in [0.1, 0.15) is 11.2 Å². The molecule has 2 aromatic rings. The third kappa shape index (κ3) is 1.88. The summed E-state index contributed by atoms with van der Waals surface area (Å²) in [6.45, 7) is 2.83. The van der Waals surface area contributed by atoms with Crippen molar-refractivity contribution in [2.45, 2.75) is 0 Å². The molecule has 1 aromatic heterocycles. The van der Waals surface area contributed by atoms with E-state index in [4.69, 9.17) is 10.5 Å². The number of H-pyrrole nitrogens is 1. The van der Waals surface area contributed by atoms with Crippen LogP contribution in [0.2, 0.25) is 0 Å². The molecular formula is C12H14N4O3. The molecule has 19 heavy (non-hydrogen) atoms. The molecule has 7 heteroatoms. The number of nitrogen functional groups attached to an aromatic ring is 1. The summed E-state index contributed by atoms with van der Waals surface area (Å²) >= 11 is 0. The first-order valence-corrected chi connectivity index (χ1v) is 6.05. The second kappa shape index (κ2) is 4.43. The van der Waals surface area contributed by atoms with E-state index in [9.17, 15) is 10.1 Å². The molecule has 3 N–H and O–H groups in total. The number of rotatable bonds is 2. The monoisotopic (exact) mass is 262 g/mol. The van der Waals surface area contributed by atoms with Gasteiger partial charge >= 0.3 is 5.82 Å². The Hall–Kier alpha value is -2.28. The lowest BCUT2D eigenvalue weighted by Crippen LogP contribution is -2.36. The molecule has 3 rings (SSSR count). The van der Waals surface area contributed by atoms with E-state index in [2.05, 4.69) is 9.88 Å². The van der Waals surface area contributed by atoms with Gasteiger partial charge in [0, 0.05) is 13.1 Å². The third-order valence-electron chi connectivity index (χ3n) is 3.35. The molecule has 0 saturated carbocycles. The van der Waals surface area contributed by atoms with Gasteiger partial charge in [-0.15, -0.1) is 0 Å². The van der Waals surface area contributed by atoms with Gasteiger partial charge in [-0.05, 0) is 17.1 Å². The highest BCUT2D eigenvalue weighted by Crippen LogP contribution is 2.37. The highest BCUT2D eigenvalue weighted by molar-refractivity contribution is 6.05. The smallest absolute Gasteiger partial charge is 0.345 e. The van der Waals surface area contributed by atoms with Gasteiger partial charge < -0.3 is 25.5 Å². The molecule has 0 amide bonds. The van der Waals surface area contributed by atoms with Crippen molar-refractivity contribution in [2.24, 2.45) is 0 Å². The highest BCUT2D eigenvalue weighted by Gasteiger charge is 2.23. The second-order valence-corrected chi connectivity index (χ2v) is 4.44. The minimum Gasteiger partial charge on any atom is -0.391 e. The van der Waals surface area contributed by atoms with Gasteiger partial charge in [-0.25, -0.2) is 4.98 Å². The summed E-state index contributed by atoms with van der Waals surface area (Å²) in [5, 5.41) is 11.7. The van der Waals surface area contributed by atoms with E-state index in [1.54, 1.807) is 6.07 Å². The molecule has 100 valence electrons. The number of anilines is 2. The Morgan fingerprint density at radius 3 is 2.79 bits per heavy atom. The summed E-state index contributed by atoms with van der Waals surface area (Å²) in [6.07, 6.45) is 0. The van der Waals surface area contributed by atoms with E-state index < -0.39 is 4.92 Å². The van der Waals surface area contributed by atoms with Crippen LogP contribution in [-0.4, -0.2) is 36.2 Å². The van der Waals surface area contributed by atoms with E-state index in [1.807, 2.05) is 12.1 Å². The molecule has 1 aliphatic heterocycles. The largest absolute Gasteiger partial charge is 0.391 e. The Labute approximate surface area is 109 Å². The number of nitrogens with two attached hydrogens (primary N) is 1. The van der Waals surface area contributed by atoms with Crippen molar-refractivity contribution in [1.29, 1.82) is 0 Å². The molecule has 0 radical (unpaired) electrons. The molecule has 0 aliphatic carbocycles. The Balaban J connectivity index is 2.16. The highest BCUT2D eigenvalue weighted by atomic mass is 16.6. The van der Waals surface area contributed by atoms with E-state index in [0.717, 1.165) is 24.2 Å². The normalized spacial score (nSPS) is 15.9. The molecule has 2 heterocycles. The van der Waals surface area contributed by atoms with Gasteiger partial charge in [-0.3, -0.25) is 0 Å². The first kappa shape index (κ1) is 11.8. The number of morpholine rings is 1. The Bertz CT molecular complexity index is 631. The fourth-order valence-corrected chi connectivity index (χ4v) is 2.45. The third-order valence-corrected chi connectivity index (χ3v) is 3.35. The van der Waals surface area contributed by atoms with Crippen LogP contribution in [0, 0.1) is 10.1 Å². The van der Waals surface area contributed by atoms with Crippen molar-refractivity contribution < 1.29 is 9.66 Å². The number of aromatic nitrogens is 1. The molecule has 1 saturated heterocycles. The maximum atomic E-state index is 10.9. The zero-order valence-electron chi connectivity index (χ0n) is 10.3. The first-order chi connectivity index (χ1) is 9.18. The zero-order chi connectivity index (χ0) is 13.4. The van der Waals surface area contributed by atoms with Gasteiger partial charge in [-0.2, -0.15) is 0 Å². The lowest BCUT2D eigenvalue weighted by atomic mass is 10.1. The summed E-state index contributed by atoms with van der Waals surface area (Å²) < 4.78 is 5.32. The summed E-state index contributed by atoms with van der Waals surface area (Å²) in [6, 6.07) is 5.59. The van der Waals surface area contributed by atoms with Gasteiger partial charge in [-0.1, -0.05) is 6.07 Å². The van der Waals surface area contributed by atoms with Gasteiger partial charge in [0.15, 0.2) is 0 Å². The molecule has 1 aliphatic rings. The van der Waals surface area contributed by atoms with Crippen LogP contribution in [-0.2, 0) is 4.74 Å². The minimum atomic E-state index is -0.488.